The van der Waals surface area contributed by atoms with Crippen LogP contribution in [0.3, 0.4) is 0 Å². The molecule has 1 aliphatic carbocycles. The van der Waals surface area contributed by atoms with Crippen LogP contribution in [0, 0.1) is 24.7 Å². The zero-order valence-corrected chi connectivity index (χ0v) is 10.8. The lowest BCUT2D eigenvalue weighted by Gasteiger charge is -2.19. The van der Waals surface area contributed by atoms with E-state index < -0.39 is 0 Å². The van der Waals surface area contributed by atoms with Gasteiger partial charge in [0, 0.05) is 5.92 Å². The first kappa shape index (κ1) is 12.1. The highest BCUT2D eigenvalue weighted by molar-refractivity contribution is 5.81. The van der Waals surface area contributed by atoms with Gasteiger partial charge in [0.05, 0.1) is 6.04 Å². The number of rotatable bonds is 4. The molecule has 0 unspecified atom stereocenters. The van der Waals surface area contributed by atoms with Crippen molar-refractivity contribution < 1.29 is 4.79 Å². The van der Waals surface area contributed by atoms with Crippen LogP contribution in [-0.4, -0.2) is 21.1 Å². The largest absolute Gasteiger partial charge is 0.345 e. The number of aryl methyl sites for hydroxylation is 1. The molecule has 1 heterocycles. The van der Waals surface area contributed by atoms with Gasteiger partial charge in [0.25, 0.3) is 0 Å². The van der Waals surface area contributed by atoms with Crippen molar-refractivity contribution in [2.45, 2.75) is 40.2 Å². The number of aromatic nitrogens is 3. The van der Waals surface area contributed by atoms with E-state index >= 15 is 0 Å². The molecule has 5 nitrogen and oxygen atoms in total. The van der Waals surface area contributed by atoms with Crippen LogP contribution in [0.1, 0.15) is 44.9 Å². The maximum atomic E-state index is 11.9. The summed E-state index contributed by atoms with van der Waals surface area (Å²) in [5, 5.41) is 10.0. The average Bonchev–Trinajstić information content (AvgIpc) is 2.83. The third kappa shape index (κ3) is 2.65. The zero-order valence-electron chi connectivity index (χ0n) is 10.8. The van der Waals surface area contributed by atoms with Crippen molar-refractivity contribution in [1.82, 2.24) is 20.5 Å². The normalized spacial score (nSPS) is 24.8. The van der Waals surface area contributed by atoms with Gasteiger partial charge >= 0.3 is 0 Å². The molecule has 2 rings (SSSR count). The Morgan fingerprint density at radius 3 is 2.59 bits per heavy atom. The fourth-order valence-electron chi connectivity index (χ4n) is 1.98. The number of H-pyrrole nitrogens is 1. The van der Waals surface area contributed by atoms with E-state index in [1.165, 1.54) is 0 Å². The molecule has 1 aromatic rings. The Morgan fingerprint density at radius 1 is 1.53 bits per heavy atom. The maximum Gasteiger partial charge on any atom is 0.223 e. The molecule has 1 fully saturated rings. The van der Waals surface area contributed by atoms with Gasteiger partial charge in [-0.3, -0.25) is 9.89 Å². The van der Waals surface area contributed by atoms with Crippen molar-refractivity contribution in [2.24, 2.45) is 17.8 Å². The molecule has 0 aliphatic heterocycles. The highest BCUT2D eigenvalue weighted by atomic mass is 16.2. The fourth-order valence-corrected chi connectivity index (χ4v) is 1.98. The summed E-state index contributed by atoms with van der Waals surface area (Å²) in [6.07, 6.45) is 1.00. The van der Waals surface area contributed by atoms with E-state index in [2.05, 4.69) is 41.3 Å². The summed E-state index contributed by atoms with van der Waals surface area (Å²) in [6, 6.07) is -0.0970. The number of nitrogens with one attached hydrogen (secondary N) is 2. The molecular formula is C12H20N4O. The van der Waals surface area contributed by atoms with Crippen LogP contribution < -0.4 is 5.32 Å². The van der Waals surface area contributed by atoms with Crippen molar-refractivity contribution in [3.8, 4) is 0 Å². The molecule has 0 bridgehead atoms. The van der Waals surface area contributed by atoms with Gasteiger partial charge in [-0.2, -0.15) is 5.10 Å². The molecule has 0 radical (unpaired) electrons. The molecule has 1 amide bonds. The van der Waals surface area contributed by atoms with Crippen LogP contribution in [0.2, 0.25) is 0 Å². The molecule has 5 heteroatoms. The maximum absolute atomic E-state index is 11.9. The molecule has 1 aromatic heterocycles. The van der Waals surface area contributed by atoms with Crippen molar-refractivity contribution in [2.75, 3.05) is 0 Å². The predicted octanol–water partition coefficient (Wildman–Crippen LogP) is 1.58. The minimum Gasteiger partial charge on any atom is -0.345 e. The quantitative estimate of drug-likeness (QED) is 0.833. The number of carbonyl (C=O) groups is 1. The summed E-state index contributed by atoms with van der Waals surface area (Å²) in [5.74, 6) is 2.59. The topological polar surface area (TPSA) is 70.7 Å². The lowest BCUT2D eigenvalue weighted by molar-refractivity contribution is -0.123. The molecule has 3 atom stereocenters. The van der Waals surface area contributed by atoms with Crippen LogP contribution in [0.25, 0.3) is 0 Å². The van der Waals surface area contributed by atoms with Gasteiger partial charge in [0.15, 0.2) is 5.82 Å². The number of amides is 1. The first-order valence-electron chi connectivity index (χ1n) is 6.18. The predicted molar refractivity (Wildman–Crippen MR) is 64.1 cm³/mol. The Labute approximate surface area is 101 Å². The zero-order chi connectivity index (χ0) is 12.6. The molecule has 0 saturated heterocycles. The molecule has 94 valence electrons. The van der Waals surface area contributed by atoms with Crippen LogP contribution >= 0.6 is 0 Å². The number of nitrogens with zero attached hydrogens (tertiary/aromatic N) is 2. The van der Waals surface area contributed by atoms with Gasteiger partial charge in [-0.25, -0.2) is 4.98 Å². The summed E-state index contributed by atoms with van der Waals surface area (Å²) < 4.78 is 0. The minimum atomic E-state index is -0.0970. The third-order valence-corrected chi connectivity index (χ3v) is 3.30. The number of hydrogen-bond acceptors (Lipinski definition) is 3. The third-order valence-electron chi connectivity index (χ3n) is 3.30. The Balaban J connectivity index is 2.05. The number of aromatic amines is 1. The van der Waals surface area contributed by atoms with E-state index in [0.29, 0.717) is 11.7 Å². The van der Waals surface area contributed by atoms with Crippen LogP contribution in [0.4, 0.5) is 0 Å². The molecular weight excluding hydrogens is 216 g/mol. The van der Waals surface area contributed by atoms with Gasteiger partial charge < -0.3 is 5.32 Å². The van der Waals surface area contributed by atoms with E-state index in [4.69, 9.17) is 0 Å². The number of carbonyl (C=O) groups excluding carboxylic acids is 1. The molecule has 17 heavy (non-hydrogen) atoms. The van der Waals surface area contributed by atoms with Crippen LogP contribution in [-0.2, 0) is 4.79 Å². The van der Waals surface area contributed by atoms with Gasteiger partial charge in [-0.1, -0.05) is 20.8 Å². The highest BCUT2D eigenvalue weighted by Gasteiger charge is 2.40. The Bertz CT molecular complexity index is 412. The minimum absolute atomic E-state index is 0.0970. The first-order chi connectivity index (χ1) is 7.99. The highest BCUT2D eigenvalue weighted by Crippen LogP contribution is 2.38. The summed E-state index contributed by atoms with van der Waals surface area (Å²) in [5.41, 5.74) is 0. The molecule has 1 saturated carbocycles. The van der Waals surface area contributed by atoms with Gasteiger partial charge in [-0.15, -0.1) is 0 Å². The Morgan fingerprint density at radius 2 is 2.18 bits per heavy atom. The van der Waals surface area contributed by atoms with Crippen molar-refractivity contribution >= 4 is 5.91 Å². The standard InChI is InChI=1S/C12H20N4O/c1-6(2)10(11-13-8(4)15-16-11)14-12(17)9-5-7(9)3/h6-7,9-10H,5H2,1-4H3,(H,14,17)(H,13,15,16)/t7-,9+,10-/m0/s1. The van der Waals surface area contributed by atoms with Crippen molar-refractivity contribution in [3.05, 3.63) is 11.6 Å². The monoisotopic (exact) mass is 236 g/mol. The lowest BCUT2D eigenvalue weighted by atomic mass is 10.0. The summed E-state index contributed by atoms with van der Waals surface area (Å²) in [4.78, 5) is 16.2. The van der Waals surface area contributed by atoms with E-state index in [1.54, 1.807) is 0 Å². The Kier molecular flexibility index (Phi) is 3.17. The first-order valence-corrected chi connectivity index (χ1v) is 6.18. The van der Waals surface area contributed by atoms with E-state index in [0.717, 1.165) is 12.2 Å². The SMILES string of the molecule is Cc1nc([C@@H](NC(=O)[C@@H]2C[C@@H]2C)C(C)C)n[nH]1. The second kappa shape index (κ2) is 4.47. The van der Waals surface area contributed by atoms with Gasteiger partial charge in [0.1, 0.15) is 5.82 Å². The van der Waals surface area contributed by atoms with E-state index in [9.17, 15) is 4.79 Å². The average molecular weight is 236 g/mol. The summed E-state index contributed by atoms with van der Waals surface area (Å²) in [7, 11) is 0. The fraction of sp³-hybridized carbons (Fsp3) is 0.750. The second-order valence-electron chi connectivity index (χ2n) is 5.33. The number of hydrogen-bond donors (Lipinski definition) is 2. The van der Waals surface area contributed by atoms with Gasteiger partial charge in [0.2, 0.25) is 5.91 Å². The molecule has 0 spiro atoms. The van der Waals surface area contributed by atoms with Gasteiger partial charge in [-0.05, 0) is 25.2 Å². The van der Waals surface area contributed by atoms with Crippen LogP contribution in [0.15, 0.2) is 0 Å². The molecule has 2 N–H and O–H groups in total. The van der Waals surface area contributed by atoms with Crippen molar-refractivity contribution in [3.63, 3.8) is 0 Å². The van der Waals surface area contributed by atoms with E-state index in [1.807, 2.05) is 6.92 Å². The van der Waals surface area contributed by atoms with E-state index in [-0.39, 0.29) is 23.8 Å². The lowest BCUT2D eigenvalue weighted by Crippen LogP contribution is -2.33. The Hall–Kier alpha value is -1.39. The summed E-state index contributed by atoms with van der Waals surface area (Å²) >= 11 is 0. The van der Waals surface area contributed by atoms with Crippen LogP contribution in [0.5, 0.6) is 0 Å². The molecule has 1 aliphatic rings. The second-order valence-corrected chi connectivity index (χ2v) is 5.33. The summed E-state index contributed by atoms with van der Waals surface area (Å²) in [6.45, 7) is 8.09. The van der Waals surface area contributed by atoms with Crippen molar-refractivity contribution in [1.29, 1.82) is 0 Å². The smallest absolute Gasteiger partial charge is 0.223 e. The molecule has 0 aromatic carbocycles.